The molecule has 112 valence electrons. The van der Waals surface area contributed by atoms with Crippen molar-refractivity contribution in [3.63, 3.8) is 0 Å². The number of hydrogen-bond acceptors (Lipinski definition) is 4. The summed E-state index contributed by atoms with van der Waals surface area (Å²) in [5.74, 6) is 0.112. The van der Waals surface area contributed by atoms with E-state index in [2.05, 4.69) is 10.5 Å². The van der Waals surface area contributed by atoms with Gasteiger partial charge in [-0.15, -0.1) is 0 Å². The number of nitrogens with zero attached hydrogens (tertiary/aromatic N) is 2. The van der Waals surface area contributed by atoms with E-state index in [9.17, 15) is 4.79 Å². The second-order valence-electron chi connectivity index (χ2n) is 5.64. The number of carbonyl (C=O) groups excluding carboxylic acids is 1. The van der Waals surface area contributed by atoms with Gasteiger partial charge < -0.3 is 14.7 Å². The van der Waals surface area contributed by atoms with Crippen molar-refractivity contribution in [2.24, 2.45) is 0 Å². The van der Waals surface area contributed by atoms with Crippen LogP contribution in [-0.2, 0) is 11.2 Å². The molecule has 1 aromatic heterocycles. The standard InChI is InChI=1S/C16H21N3O2/c1-19(12-5-4-9-17-10-8-12)16(20)11-14-13-6-2-3-7-15(13)21-18-14/h2-3,6-7,12,17H,4-5,8-11H2,1H3. The Morgan fingerprint density at radius 3 is 3.14 bits per heavy atom. The Hall–Kier alpha value is -1.88. The number of nitrogens with one attached hydrogen (secondary N) is 1. The van der Waals surface area contributed by atoms with Gasteiger partial charge in [-0.05, 0) is 44.5 Å². The number of benzene rings is 1. The molecule has 1 unspecified atom stereocenters. The van der Waals surface area contributed by atoms with Crippen molar-refractivity contribution in [1.82, 2.24) is 15.4 Å². The van der Waals surface area contributed by atoms with E-state index in [0.29, 0.717) is 12.5 Å². The number of para-hydroxylation sites is 1. The van der Waals surface area contributed by atoms with E-state index in [-0.39, 0.29) is 5.91 Å². The van der Waals surface area contributed by atoms with Gasteiger partial charge in [0.1, 0.15) is 5.69 Å². The van der Waals surface area contributed by atoms with Gasteiger partial charge in [0.25, 0.3) is 0 Å². The maximum Gasteiger partial charge on any atom is 0.228 e. The van der Waals surface area contributed by atoms with E-state index in [1.54, 1.807) is 0 Å². The van der Waals surface area contributed by atoms with Crippen LogP contribution in [-0.4, -0.2) is 42.1 Å². The molecule has 2 heterocycles. The zero-order valence-electron chi connectivity index (χ0n) is 12.3. The number of fused-ring (bicyclic) bond motifs is 1. The fourth-order valence-electron chi connectivity index (χ4n) is 2.93. The summed E-state index contributed by atoms with van der Waals surface area (Å²) in [6.45, 7) is 2.03. The van der Waals surface area contributed by atoms with Gasteiger partial charge >= 0.3 is 0 Å². The maximum atomic E-state index is 12.5. The molecule has 2 aromatic rings. The van der Waals surface area contributed by atoms with Gasteiger partial charge in [-0.2, -0.15) is 0 Å². The number of carbonyl (C=O) groups is 1. The first-order valence-electron chi connectivity index (χ1n) is 7.55. The van der Waals surface area contributed by atoms with Gasteiger partial charge in [-0.25, -0.2) is 0 Å². The van der Waals surface area contributed by atoms with Crippen molar-refractivity contribution in [3.8, 4) is 0 Å². The van der Waals surface area contributed by atoms with Gasteiger partial charge in [-0.3, -0.25) is 4.79 Å². The molecule has 1 N–H and O–H groups in total. The number of hydrogen-bond donors (Lipinski definition) is 1. The molecule has 0 saturated carbocycles. The maximum absolute atomic E-state index is 12.5. The first-order chi connectivity index (χ1) is 10.3. The molecular weight excluding hydrogens is 266 g/mol. The molecule has 1 saturated heterocycles. The van der Waals surface area contributed by atoms with Crippen LogP contribution < -0.4 is 5.32 Å². The topological polar surface area (TPSA) is 58.4 Å². The normalized spacial score (nSPS) is 19.4. The molecule has 0 radical (unpaired) electrons. The van der Waals surface area contributed by atoms with Crippen LogP contribution in [0.3, 0.4) is 0 Å². The third kappa shape index (κ3) is 3.08. The van der Waals surface area contributed by atoms with Gasteiger partial charge in [0.2, 0.25) is 5.91 Å². The predicted molar refractivity (Wildman–Crippen MR) is 81.0 cm³/mol. The summed E-state index contributed by atoms with van der Waals surface area (Å²) in [6.07, 6.45) is 3.50. The lowest BCUT2D eigenvalue weighted by atomic mass is 10.1. The zero-order chi connectivity index (χ0) is 14.7. The summed E-state index contributed by atoms with van der Waals surface area (Å²) in [6, 6.07) is 7.99. The summed E-state index contributed by atoms with van der Waals surface area (Å²) in [5, 5.41) is 8.35. The van der Waals surface area contributed by atoms with Crippen LogP contribution in [0.2, 0.25) is 0 Å². The molecule has 1 aliphatic heterocycles. The van der Waals surface area contributed by atoms with Crippen LogP contribution >= 0.6 is 0 Å². The predicted octanol–water partition coefficient (Wildman–Crippen LogP) is 1.97. The van der Waals surface area contributed by atoms with Gasteiger partial charge in [0.15, 0.2) is 5.58 Å². The van der Waals surface area contributed by atoms with E-state index >= 15 is 0 Å². The van der Waals surface area contributed by atoms with Gasteiger partial charge in [0.05, 0.1) is 6.42 Å². The van der Waals surface area contributed by atoms with E-state index in [1.165, 1.54) is 0 Å². The highest BCUT2D eigenvalue weighted by atomic mass is 16.5. The van der Waals surface area contributed by atoms with Crippen molar-refractivity contribution in [3.05, 3.63) is 30.0 Å². The van der Waals surface area contributed by atoms with Crippen LogP contribution in [0.5, 0.6) is 0 Å². The van der Waals surface area contributed by atoms with E-state index in [4.69, 9.17) is 4.52 Å². The molecule has 0 aliphatic carbocycles. The lowest BCUT2D eigenvalue weighted by Crippen LogP contribution is -2.38. The highest BCUT2D eigenvalue weighted by Crippen LogP contribution is 2.20. The average Bonchev–Trinajstić information content (AvgIpc) is 2.74. The molecule has 1 aliphatic rings. The highest BCUT2D eigenvalue weighted by Gasteiger charge is 2.22. The molecule has 5 nitrogen and oxygen atoms in total. The minimum absolute atomic E-state index is 0.112. The zero-order valence-corrected chi connectivity index (χ0v) is 12.3. The lowest BCUT2D eigenvalue weighted by Gasteiger charge is -2.26. The molecule has 3 rings (SSSR count). The minimum atomic E-state index is 0.112. The second kappa shape index (κ2) is 6.26. The molecule has 1 atom stereocenters. The third-order valence-corrected chi connectivity index (χ3v) is 4.26. The molecule has 0 bridgehead atoms. The Morgan fingerprint density at radius 1 is 1.38 bits per heavy atom. The first kappa shape index (κ1) is 14.1. The summed E-state index contributed by atoms with van der Waals surface area (Å²) in [7, 11) is 1.90. The van der Waals surface area contributed by atoms with Crippen LogP contribution in [0.25, 0.3) is 11.0 Å². The van der Waals surface area contributed by atoms with Crippen LogP contribution in [0, 0.1) is 0 Å². The Kier molecular flexibility index (Phi) is 4.20. The molecule has 5 heteroatoms. The Labute approximate surface area is 124 Å². The first-order valence-corrected chi connectivity index (χ1v) is 7.55. The summed E-state index contributed by atoms with van der Waals surface area (Å²) in [5.41, 5.74) is 1.47. The molecule has 1 amide bonds. The van der Waals surface area contributed by atoms with Crippen molar-refractivity contribution in [2.45, 2.75) is 31.7 Å². The number of rotatable bonds is 3. The Balaban J connectivity index is 1.70. The largest absolute Gasteiger partial charge is 0.356 e. The summed E-state index contributed by atoms with van der Waals surface area (Å²) < 4.78 is 5.26. The van der Waals surface area contributed by atoms with Crippen molar-refractivity contribution < 1.29 is 9.32 Å². The van der Waals surface area contributed by atoms with E-state index in [0.717, 1.165) is 49.0 Å². The molecule has 1 fully saturated rings. The van der Waals surface area contributed by atoms with Crippen LogP contribution in [0.1, 0.15) is 25.0 Å². The van der Waals surface area contributed by atoms with Crippen molar-refractivity contribution in [2.75, 3.05) is 20.1 Å². The summed E-state index contributed by atoms with van der Waals surface area (Å²) in [4.78, 5) is 14.4. The summed E-state index contributed by atoms with van der Waals surface area (Å²) >= 11 is 0. The Bertz CT molecular complexity index is 615. The SMILES string of the molecule is CN(C(=O)Cc1noc2ccccc12)C1CCCNCC1. The van der Waals surface area contributed by atoms with E-state index in [1.807, 2.05) is 36.2 Å². The minimum Gasteiger partial charge on any atom is -0.356 e. The third-order valence-electron chi connectivity index (χ3n) is 4.26. The van der Waals surface area contributed by atoms with Gasteiger partial charge in [-0.1, -0.05) is 17.3 Å². The number of amides is 1. The van der Waals surface area contributed by atoms with Gasteiger partial charge in [0, 0.05) is 18.5 Å². The van der Waals surface area contributed by atoms with Crippen molar-refractivity contribution in [1.29, 1.82) is 0 Å². The quantitative estimate of drug-likeness (QED) is 0.937. The average molecular weight is 287 g/mol. The lowest BCUT2D eigenvalue weighted by molar-refractivity contribution is -0.131. The monoisotopic (exact) mass is 287 g/mol. The fraction of sp³-hybridized carbons (Fsp3) is 0.500. The van der Waals surface area contributed by atoms with E-state index < -0.39 is 0 Å². The molecule has 0 spiro atoms. The van der Waals surface area contributed by atoms with Crippen molar-refractivity contribution >= 4 is 16.9 Å². The highest BCUT2D eigenvalue weighted by molar-refractivity contribution is 5.86. The van der Waals surface area contributed by atoms with Crippen LogP contribution in [0.15, 0.2) is 28.8 Å². The smallest absolute Gasteiger partial charge is 0.228 e. The molecule has 1 aromatic carbocycles. The second-order valence-corrected chi connectivity index (χ2v) is 5.64. The molecular formula is C16H21N3O2. The van der Waals surface area contributed by atoms with Crippen LogP contribution in [0.4, 0.5) is 0 Å². The number of likely N-dealkylation sites (N-methyl/N-ethyl adjacent to an activating group) is 1. The molecule has 21 heavy (non-hydrogen) atoms. The fourth-order valence-corrected chi connectivity index (χ4v) is 2.93. The number of aromatic nitrogens is 1. The Morgan fingerprint density at radius 2 is 2.24 bits per heavy atom.